The molecule has 0 spiro atoms. The fraction of sp³-hybridized carbons (Fsp3) is 0.250. The molecule has 0 saturated carbocycles. The molecule has 2 heteroatoms. The Labute approximate surface area is 92.7 Å². The number of halogens is 1. The number of hydrogen-bond donors (Lipinski definition) is 0. The van der Waals surface area contributed by atoms with Gasteiger partial charge < -0.3 is 0 Å². The van der Waals surface area contributed by atoms with E-state index in [2.05, 4.69) is 58.2 Å². The van der Waals surface area contributed by atoms with E-state index in [1.54, 1.807) is 0 Å². The molecule has 1 nitrogen and oxygen atoms in total. The first-order valence-electron chi connectivity index (χ1n) is 4.74. The standard InChI is InChI=1S/C12H12BrN/c1-9-8-10-6-4-2-3-5-7-11(10)14-12(9)13/h2-5,8H,6-7H2,1H3. The zero-order valence-corrected chi connectivity index (χ0v) is 9.71. The van der Waals surface area contributed by atoms with Gasteiger partial charge in [0.1, 0.15) is 4.60 Å². The Balaban J connectivity index is 2.48. The van der Waals surface area contributed by atoms with Crippen LogP contribution >= 0.6 is 15.9 Å². The lowest BCUT2D eigenvalue weighted by molar-refractivity contribution is 1.00. The third kappa shape index (κ3) is 1.95. The van der Waals surface area contributed by atoms with Gasteiger partial charge in [0, 0.05) is 12.1 Å². The molecular formula is C12H12BrN. The molecule has 0 radical (unpaired) electrons. The zero-order chi connectivity index (χ0) is 9.97. The number of hydrogen-bond acceptors (Lipinski definition) is 1. The Morgan fingerprint density at radius 3 is 2.71 bits per heavy atom. The number of nitrogens with zero attached hydrogens (tertiary/aromatic N) is 1. The van der Waals surface area contributed by atoms with Gasteiger partial charge in [-0.1, -0.05) is 30.4 Å². The van der Waals surface area contributed by atoms with Gasteiger partial charge in [-0.15, -0.1) is 0 Å². The van der Waals surface area contributed by atoms with Crippen molar-refractivity contribution in [1.82, 2.24) is 4.98 Å². The van der Waals surface area contributed by atoms with Crippen molar-refractivity contribution in [2.75, 3.05) is 0 Å². The number of fused-ring (bicyclic) bond motifs is 1. The van der Waals surface area contributed by atoms with E-state index in [0.717, 1.165) is 17.4 Å². The minimum Gasteiger partial charge on any atom is -0.245 e. The molecule has 0 bridgehead atoms. The molecule has 0 saturated heterocycles. The highest BCUT2D eigenvalue weighted by molar-refractivity contribution is 9.10. The number of aryl methyl sites for hydroxylation is 1. The summed E-state index contributed by atoms with van der Waals surface area (Å²) in [6.45, 7) is 2.08. The molecule has 2 rings (SSSR count). The minimum absolute atomic E-state index is 0.929. The van der Waals surface area contributed by atoms with Crippen molar-refractivity contribution < 1.29 is 0 Å². The molecule has 14 heavy (non-hydrogen) atoms. The number of aromatic nitrogens is 1. The lowest BCUT2D eigenvalue weighted by Gasteiger charge is -2.09. The van der Waals surface area contributed by atoms with Crippen LogP contribution in [0.3, 0.4) is 0 Å². The van der Waals surface area contributed by atoms with Crippen molar-refractivity contribution in [3.8, 4) is 0 Å². The topological polar surface area (TPSA) is 12.9 Å². The van der Waals surface area contributed by atoms with Crippen LogP contribution in [0.15, 0.2) is 35.0 Å². The fourth-order valence-electron chi connectivity index (χ4n) is 1.57. The van der Waals surface area contributed by atoms with Crippen LogP contribution in [0.5, 0.6) is 0 Å². The quantitative estimate of drug-likeness (QED) is 0.643. The van der Waals surface area contributed by atoms with Gasteiger partial charge in [0.2, 0.25) is 0 Å². The Kier molecular flexibility index (Phi) is 2.82. The summed E-state index contributed by atoms with van der Waals surface area (Å²) in [5.41, 5.74) is 3.73. The van der Waals surface area contributed by atoms with Crippen LogP contribution in [-0.4, -0.2) is 4.98 Å². The number of allylic oxidation sites excluding steroid dienone is 4. The van der Waals surface area contributed by atoms with Crippen molar-refractivity contribution in [3.63, 3.8) is 0 Å². The van der Waals surface area contributed by atoms with Gasteiger partial charge in [0.05, 0.1) is 0 Å². The average molecular weight is 250 g/mol. The maximum absolute atomic E-state index is 4.55. The van der Waals surface area contributed by atoms with E-state index < -0.39 is 0 Å². The number of rotatable bonds is 0. The van der Waals surface area contributed by atoms with Crippen LogP contribution in [0.2, 0.25) is 0 Å². The second-order valence-corrected chi connectivity index (χ2v) is 4.22. The molecular weight excluding hydrogens is 238 g/mol. The summed E-state index contributed by atoms with van der Waals surface area (Å²) in [5, 5.41) is 0. The Morgan fingerprint density at radius 2 is 1.93 bits per heavy atom. The molecule has 0 fully saturated rings. The Morgan fingerprint density at radius 1 is 1.21 bits per heavy atom. The first-order valence-corrected chi connectivity index (χ1v) is 5.53. The van der Waals surface area contributed by atoms with E-state index in [0.29, 0.717) is 0 Å². The lowest BCUT2D eigenvalue weighted by atomic mass is 10.0. The van der Waals surface area contributed by atoms with Crippen LogP contribution in [0.4, 0.5) is 0 Å². The summed E-state index contributed by atoms with van der Waals surface area (Å²) in [7, 11) is 0. The van der Waals surface area contributed by atoms with Crippen molar-refractivity contribution in [2.24, 2.45) is 0 Å². The van der Waals surface area contributed by atoms with Crippen LogP contribution in [0, 0.1) is 6.92 Å². The van der Waals surface area contributed by atoms with Gasteiger partial charge >= 0.3 is 0 Å². The predicted molar refractivity (Wildman–Crippen MR) is 62.4 cm³/mol. The molecule has 0 unspecified atom stereocenters. The first kappa shape index (κ1) is 9.66. The summed E-state index contributed by atoms with van der Waals surface area (Å²) < 4.78 is 0.967. The molecule has 0 aliphatic heterocycles. The van der Waals surface area contributed by atoms with Crippen molar-refractivity contribution >= 4 is 15.9 Å². The molecule has 72 valence electrons. The predicted octanol–water partition coefficient (Wildman–Crippen LogP) is 3.36. The van der Waals surface area contributed by atoms with Crippen LogP contribution in [0.25, 0.3) is 0 Å². The van der Waals surface area contributed by atoms with Crippen LogP contribution in [-0.2, 0) is 12.8 Å². The Bertz CT molecular complexity index is 366. The molecule has 0 N–H and O–H groups in total. The third-order valence-corrected chi connectivity index (χ3v) is 3.15. The first-order chi connectivity index (χ1) is 6.77. The number of pyridine rings is 1. The van der Waals surface area contributed by atoms with E-state index in [1.807, 2.05) is 0 Å². The summed E-state index contributed by atoms with van der Waals surface area (Å²) in [4.78, 5) is 4.55. The highest BCUT2D eigenvalue weighted by atomic mass is 79.9. The van der Waals surface area contributed by atoms with E-state index in [9.17, 15) is 0 Å². The van der Waals surface area contributed by atoms with E-state index in [1.165, 1.54) is 16.8 Å². The van der Waals surface area contributed by atoms with E-state index in [-0.39, 0.29) is 0 Å². The molecule has 1 aliphatic carbocycles. The highest BCUT2D eigenvalue weighted by Gasteiger charge is 2.06. The summed E-state index contributed by atoms with van der Waals surface area (Å²) in [5.74, 6) is 0. The van der Waals surface area contributed by atoms with Gasteiger partial charge in [0.25, 0.3) is 0 Å². The lowest BCUT2D eigenvalue weighted by Crippen LogP contribution is -1.99. The second kappa shape index (κ2) is 4.09. The molecule has 0 aromatic carbocycles. The third-order valence-electron chi connectivity index (χ3n) is 2.35. The monoisotopic (exact) mass is 249 g/mol. The van der Waals surface area contributed by atoms with Gasteiger partial charge in [-0.3, -0.25) is 0 Å². The summed E-state index contributed by atoms with van der Waals surface area (Å²) >= 11 is 3.47. The zero-order valence-electron chi connectivity index (χ0n) is 8.13. The van der Waals surface area contributed by atoms with Crippen LogP contribution < -0.4 is 0 Å². The van der Waals surface area contributed by atoms with Crippen molar-refractivity contribution in [1.29, 1.82) is 0 Å². The van der Waals surface area contributed by atoms with Gasteiger partial charge in [-0.2, -0.15) is 0 Å². The van der Waals surface area contributed by atoms with E-state index in [4.69, 9.17) is 0 Å². The maximum atomic E-state index is 4.55. The largest absolute Gasteiger partial charge is 0.245 e. The molecule has 1 heterocycles. The Hall–Kier alpha value is -0.890. The summed E-state index contributed by atoms with van der Waals surface area (Å²) in [6.07, 6.45) is 10.4. The smallest absolute Gasteiger partial charge is 0.109 e. The van der Waals surface area contributed by atoms with Gasteiger partial charge in [0.15, 0.2) is 0 Å². The maximum Gasteiger partial charge on any atom is 0.109 e. The van der Waals surface area contributed by atoms with Gasteiger partial charge in [-0.05, 0) is 40.4 Å². The summed E-state index contributed by atoms with van der Waals surface area (Å²) in [6, 6.07) is 2.22. The van der Waals surface area contributed by atoms with Crippen molar-refractivity contribution in [3.05, 3.63) is 51.8 Å². The molecule has 0 atom stereocenters. The SMILES string of the molecule is Cc1cc2c(nc1Br)CC=CC=CC2. The van der Waals surface area contributed by atoms with Crippen molar-refractivity contribution in [2.45, 2.75) is 19.8 Å². The second-order valence-electron chi connectivity index (χ2n) is 3.47. The molecule has 1 aromatic rings. The minimum atomic E-state index is 0.929. The van der Waals surface area contributed by atoms with Gasteiger partial charge in [-0.25, -0.2) is 4.98 Å². The normalized spacial score (nSPS) is 14.7. The molecule has 0 amide bonds. The fourth-order valence-corrected chi connectivity index (χ4v) is 1.90. The molecule has 1 aliphatic rings. The average Bonchev–Trinajstić information content (AvgIpc) is 2.13. The molecule has 1 aromatic heterocycles. The van der Waals surface area contributed by atoms with Crippen LogP contribution in [0.1, 0.15) is 16.8 Å². The van der Waals surface area contributed by atoms with E-state index >= 15 is 0 Å². The highest BCUT2D eigenvalue weighted by Crippen LogP contribution is 2.19.